The van der Waals surface area contributed by atoms with Crippen LogP contribution in [-0.2, 0) is 0 Å². The number of methoxy groups -OCH3 is 1. The Bertz CT molecular complexity index is 546. The van der Waals surface area contributed by atoms with Gasteiger partial charge in [0.05, 0.1) is 16.1 Å². The molecule has 0 saturated heterocycles. The topological polar surface area (TPSA) is 44.5 Å². The molecule has 102 valence electrons. The molecule has 1 aromatic carbocycles. The highest BCUT2D eigenvalue weighted by molar-refractivity contribution is 9.11. The second kappa shape index (κ2) is 6.74. The van der Waals surface area contributed by atoms with Gasteiger partial charge in [0.15, 0.2) is 0 Å². The summed E-state index contributed by atoms with van der Waals surface area (Å²) in [4.78, 5) is 1.11. The molecular formula is C13H13Br2NO2S. The molecule has 2 aromatic rings. The Hall–Kier alpha value is -0.560. The summed E-state index contributed by atoms with van der Waals surface area (Å²) >= 11 is 8.56. The van der Waals surface area contributed by atoms with Crippen LogP contribution in [0, 0.1) is 0 Å². The van der Waals surface area contributed by atoms with E-state index in [0.717, 1.165) is 25.3 Å². The molecule has 0 spiro atoms. The highest BCUT2D eigenvalue weighted by Crippen LogP contribution is 2.38. The molecule has 19 heavy (non-hydrogen) atoms. The number of rotatable bonds is 5. The fourth-order valence-electron chi connectivity index (χ4n) is 1.61. The molecule has 1 aromatic heterocycles. The lowest BCUT2D eigenvalue weighted by molar-refractivity contribution is 0.216. The standard InChI is InChI=1S/C13H13Br2NO2S/c1-17-10-5-9(15)11(6-8(10)14)18-12(7-16)13-3-2-4-19-13/h2-6,12H,7,16H2,1H3. The zero-order valence-corrected chi connectivity index (χ0v) is 14.2. The van der Waals surface area contributed by atoms with Gasteiger partial charge in [-0.1, -0.05) is 6.07 Å². The van der Waals surface area contributed by atoms with E-state index in [1.807, 2.05) is 29.6 Å². The lowest BCUT2D eigenvalue weighted by Crippen LogP contribution is -2.17. The molecule has 0 bridgehead atoms. The Kier molecular flexibility index (Phi) is 5.27. The van der Waals surface area contributed by atoms with E-state index < -0.39 is 0 Å². The summed E-state index contributed by atoms with van der Waals surface area (Å²) in [5.41, 5.74) is 5.79. The summed E-state index contributed by atoms with van der Waals surface area (Å²) in [6, 6.07) is 7.75. The number of halogens is 2. The summed E-state index contributed by atoms with van der Waals surface area (Å²) in [5.74, 6) is 1.48. The first kappa shape index (κ1) is 14.8. The molecule has 0 amide bonds. The molecule has 2 N–H and O–H groups in total. The van der Waals surface area contributed by atoms with Crippen molar-refractivity contribution in [2.24, 2.45) is 5.73 Å². The summed E-state index contributed by atoms with van der Waals surface area (Å²) in [6.45, 7) is 0.427. The summed E-state index contributed by atoms with van der Waals surface area (Å²) in [5, 5.41) is 2.01. The summed E-state index contributed by atoms with van der Waals surface area (Å²) in [6.07, 6.45) is -0.142. The third kappa shape index (κ3) is 3.51. The quantitative estimate of drug-likeness (QED) is 0.802. The molecule has 1 unspecified atom stereocenters. The largest absolute Gasteiger partial charge is 0.496 e. The zero-order valence-electron chi connectivity index (χ0n) is 10.2. The Balaban J connectivity index is 2.25. The first-order valence-electron chi connectivity index (χ1n) is 5.59. The first-order chi connectivity index (χ1) is 9.15. The van der Waals surface area contributed by atoms with Gasteiger partial charge in [0.1, 0.15) is 17.6 Å². The molecule has 0 aliphatic carbocycles. The van der Waals surface area contributed by atoms with Gasteiger partial charge in [0.25, 0.3) is 0 Å². The lowest BCUT2D eigenvalue weighted by atomic mass is 10.2. The molecule has 0 saturated carbocycles. The molecule has 1 heterocycles. The van der Waals surface area contributed by atoms with Gasteiger partial charge < -0.3 is 15.2 Å². The number of thiophene rings is 1. The van der Waals surface area contributed by atoms with Gasteiger partial charge in [-0.05, 0) is 55.4 Å². The number of nitrogens with two attached hydrogens (primary N) is 1. The van der Waals surface area contributed by atoms with Crippen LogP contribution in [0.5, 0.6) is 11.5 Å². The maximum Gasteiger partial charge on any atom is 0.145 e. The van der Waals surface area contributed by atoms with Gasteiger partial charge in [0.2, 0.25) is 0 Å². The van der Waals surface area contributed by atoms with Crippen LogP contribution in [0.1, 0.15) is 11.0 Å². The van der Waals surface area contributed by atoms with Crippen LogP contribution in [0.4, 0.5) is 0 Å². The molecule has 0 aliphatic rings. The monoisotopic (exact) mass is 405 g/mol. The van der Waals surface area contributed by atoms with Crippen molar-refractivity contribution in [2.45, 2.75) is 6.10 Å². The van der Waals surface area contributed by atoms with Crippen molar-refractivity contribution in [1.82, 2.24) is 0 Å². The predicted octanol–water partition coefficient (Wildman–Crippen LogP) is 4.36. The Morgan fingerprint density at radius 2 is 1.95 bits per heavy atom. The van der Waals surface area contributed by atoms with E-state index in [2.05, 4.69) is 31.9 Å². The van der Waals surface area contributed by atoms with Crippen LogP contribution in [0.25, 0.3) is 0 Å². The summed E-state index contributed by atoms with van der Waals surface area (Å²) in [7, 11) is 1.63. The molecular weight excluding hydrogens is 394 g/mol. The highest BCUT2D eigenvalue weighted by atomic mass is 79.9. The third-order valence-electron chi connectivity index (χ3n) is 2.55. The number of hydrogen-bond acceptors (Lipinski definition) is 4. The van der Waals surface area contributed by atoms with Crippen molar-refractivity contribution >= 4 is 43.2 Å². The smallest absolute Gasteiger partial charge is 0.145 e. The minimum Gasteiger partial charge on any atom is -0.496 e. The van der Waals surface area contributed by atoms with Crippen LogP contribution in [0.15, 0.2) is 38.6 Å². The van der Waals surface area contributed by atoms with Crippen molar-refractivity contribution in [3.63, 3.8) is 0 Å². The van der Waals surface area contributed by atoms with E-state index in [9.17, 15) is 0 Å². The predicted molar refractivity (Wildman–Crippen MR) is 85.1 cm³/mol. The molecule has 0 fully saturated rings. The Labute approximate surface area is 133 Å². The van der Waals surface area contributed by atoms with Gasteiger partial charge in [-0.2, -0.15) is 0 Å². The van der Waals surface area contributed by atoms with Crippen molar-refractivity contribution < 1.29 is 9.47 Å². The second-order valence-electron chi connectivity index (χ2n) is 3.77. The van der Waals surface area contributed by atoms with Crippen molar-refractivity contribution in [2.75, 3.05) is 13.7 Å². The van der Waals surface area contributed by atoms with Gasteiger partial charge in [-0.3, -0.25) is 0 Å². The van der Waals surface area contributed by atoms with E-state index in [1.54, 1.807) is 18.4 Å². The van der Waals surface area contributed by atoms with E-state index >= 15 is 0 Å². The van der Waals surface area contributed by atoms with E-state index in [1.165, 1.54) is 0 Å². The maximum atomic E-state index is 5.97. The second-order valence-corrected chi connectivity index (χ2v) is 6.46. The molecule has 6 heteroatoms. The van der Waals surface area contributed by atoms with E-state index in [4.69, 9.17) is 15.2 Å². The molecule has 0 aliphatic heterocycles. The normalized spacial score (nSPS) is 12.2. The lowest BCUT2D eigenvalue weighted by Gasteiger charge is -2.18. The van der Waals surface area contributed by atoms with Crippen LogP contribution in [-0.4, -0.2) is 13.7 Å². The van der Waals surface area contributed by atoms with Gasteiger partial charge in [-0.25, -0.2) is 0 Å². The fraction of sp³-hybridized carbons (Fsp3) is 0.231. The van der Waals surface area contributed by atoms with E-state index in [-0.39, 0.29) is 6.10 Å². The Morgan fingerprint density at radius 1 is 1.26 bits per heavy atom. The third-order valence-corrected chi connectivity index (χ3v) is 4.75. The van der Waals surface area contributed by atoms with Crippen LogP contribution >= 0.6 is 43.2 Å². The first-order valence-corrected chi connectivity index (χ1v) is 8.05. The molecule has 0 radical (unpaired) electrons. The highest BCUT2D eigenvalue weighted by Gasteiger charge is 2.16. The van der Waals surface area contributed by atoms with Crippen LogP contribution < -0.4 is 15.2 Å². The van der Waals surface area contributed by atoms with Gasteiger partial charge in [-0.15, -0.1) is 11.3 Å². The maximum absolute atomic E-state index is 5.97. The van der Waals surface area contributed by atoms with Crippen LogP contribution in [0.2, 0.25) is 0 Å². The Morgan fingerprint density at radius 3 is 2.53 bits per heavy atom. The number of ether oxygens (including phenoxy) is 2. The SMILES string of the molecule is COc1cc(Br)c(OC(CN)c2cccs2)cc1Br. The fourth-order valence-corrected chi connectivity index (χ4v) is 3.27. The number of benzene rings is 1. The zero-order chi connectivity index (χ0) is 13.8. The number of hydrogen-bond donors (Lipinski definition) is 1. The van der Waals surface area contributed by atoms with E-state index in [0.29, 0.717) is 6.54 Å². The van der Waals surface area contributed by atoms with Gasteiger partial charge >= 0.3 is 0 Å². The molecule has 1 atom stereocenters. The summed E-state index contributed by atoms with van der Waals surface area (Å²) < 4.78 is 12.9. The minimum atomic E-state index is -0.142. The molecule has 3 nitrogen and oxygen atoms in total. The van der Waals surface area contributed by atoms with Crippen molar-refractivity contribution in [3.05, 3.63) is 43.5 Å². The van der Waals surface area contributed by atoms with Crippen LogP contribution in [0.3, 0.4) is 0 Å². The average Bonchev–Trinajstić information content (AvgIpc) is 2.93. The molecule has 2 rings (SSSR count). The van der Waals surface area contributed by atoms with Gasteiger partial charge in [0, 0.05) is 11.4 Å². The average molecular weight is 407 g/mol. The van der Waals surface area contributed by atoms with Crippen molar-refractivity contribution in [1.29, 1.82) is 0 Å². The minimum absolute atomic E-state index is 0.142. The van der Waals surface area contributed by atoms with Crippen molar-refractivity contribution in [3.8, 4) is 11.5 Å².